The Morgan fingerprint density at radius 3 is 2.70 bits per heavy atom. The SMILES string of the molecule is CCn1c(NNC(=O)c2cnc(OCC(F)(F)F)c(Cl)c2)nc2ccccc2c1=O. The van der Waals surface area contributed by atoms with Gasteiger partial charge >= 0.3 is 6.18 Å². The van der Waals surface area contributed by atoms with Gasteiger partial charge in [-0.05, 0) is 25.1 Å². The Bertz CT molecular complexity index is 1150. The first-order valence-electron chi connectivity index (χ1n) is 8.60. The molecule has 8 nitrogen and oxygen atoms in total. The van der Waals surface area contributed by atoms with Crippen molar-refractivity contribution >= 4 is 34.4 Å². The highest BCUT2D eigenvalue weighted by Crippen LogP contribution is 2.25. The van der Waals surface area contributed by atoms with E-state index in [4.69, 9.17) is 11.6 Å². The van der Waals surface area contributed by atoms with Crippen LogP contribution in [0, 0.1) is 0 Å². The van der Waals surface area contributed by atoms with Crippen LogP contribution in [0.1, 0.15) is 17.3 Å². The van der Waals surface area contributed by atoms with Gasteiger partial charge in [0, 0.05) is 12.7 Å². The summed E-state index contributed by atoms with van der Waals surface area (Å²) in [5, 5.41) is 0.169. The topological polar surface area (TPSA) is 98.1 Å². The first-order valence-corrected chi connectivity index (χ1v) is 8.98. The van der Waals surface area contributed by atoms with Gasteiger partial charge in [0.25, 0.3) is 11.5 Å². The number of pyridine rings is 1. The van der Waals surface area contributed by atoms with E-state index in [9.17, 15) is 22.8 Å². The summed E-state index contributed by atoms with van der Waals surface area (Å²) in [6.07, 6.45) is -3.54. The molecule has 0 unspecified atom stereocenters. The van der Waals surface area contributed by atoms with E-state index in [1.165, 1.54) is 4.57 Å². The van der Waals surface area contributed by atoms with Crippen LogP contribution in [0.15, 0.2) is 41.3 Å². The molecule has 0 spiro atoms. The molecule has 3 aromatic rings. The van der Waals surface area contributed by atoms with Crippen LogP contribution in [0.4, 0.5) is 19.1 Å². The summed E-state index contributed by atoms with van der Waals surface area (Å²) < 4.78 is 42.5. The van der Waals surface area contributed by atoms with Gasteiger partial charge in [-0.3, -0.25) is 25.0 Å². The summed E-state index contributed by atoms with van der Waals surface area (Å²) in [5.41, 5.74) is 5.05. The third kappa shape index (κ3) is 4.79. The number of hydrazine groups is 1. The zero-order valence-corrected chi connectivity index (χ0v) is 16.2. The molecule has 0 aliphatic carbocycles. The van der Waals surface area contributed by atoms with E-state index in [2.05, 4.69) is 25.6 Å². The Morgan fingerprint density at radius 2 is 2.03 bits per heavy atom. The molecule has 0 atom stereocenters. The number of anilines is 1. The number of fused-ring (bicyclic) bond motifs is 1. The van der Waals surface area contributed by atoms with E-state index in [1.807, 2.05) is 0 Å². The van der Waals surface area contributed by atoms with Crippen LogP contribution >= 0.6 is 11.6 Å². The van der Waals surface area contributed by atoms with Crippen molar-refractivity contribution < 1.29 is 22.7 Å². The Hall–Kier alpha value is -3.34. The molecule has 30 heavy (non-hydrogen) atoms. The third-order valence-corrected chi connectivity index (χ3v) is 4.18. The van der Waals surface area contributed by atoms with Crippen molar-refractivity contribution in [3.8, 4) is 5.88 Å². The summed E-state index contributed by atoms with van der Waals surface area (Å²) in [6.45, 7) is 0.483. The van der Waals surface area contributed by atoms with Crippen molar-refractivity contribution in [2.24, 2.45) is 0 Å². The largest absolute Gasteiger partial charge is 0.467 e. The minimum absolute atomic E-state index is 0.0435. The zero-order valence-electron chi connectivity index (χ0n) is 15.5. The molecule has 0 aliphatic heterocycles. The summed E-state index contributed by atoms with van der Waals surface area (Å²) in [4.78, 5) is 32.8. The molecule has 12 heteroatoms. The average Bonchev–Trinajstić information content (AvgIpc) is 2.70. The first kappa shape index (κ1) is 21.4. The highest BCUT2D eigenvalue weighted by Gasteiger charge is 2.29. The Morgan fingerprint density at radius 1 is 1.30 bits per heavy atom. The highest BCUT2D eigenvalue weighted by molar-refractivity contribution is 6.32. The fourth-order valence-corrected chi connectivity index (χ4v) is 2.77. The van der Waals surface area contributed by atoms with Crippen molar-refractivity contribution in [3.63, 3.8) is 0 Å². The minimum atomic E-state index is -4.55. The van der Waals surface area contributed by atoms with Crippen LogP contribution in [0.25, 0.3) is 10.9 Å². The Balaban J connectivity index is 1.76. The number of hydrogen-bond acceptors (Lipinski definition) is 6. The van der Waals surface area contributed by atoms with Gasteiger partial charge in [-0.1, -0.05) is 23.7 Å². The quantitative estimate of drug-likeness (QED) is 0.570. The molecule has 0 radical (unpaired) electrons. The number of amides is 1. The van der Waals surface area contributed by atoms with Crippen LogP contribution in [-0.2, 0) is 6.54 Å². The summed E-state index contributed by atoms with van der Waals surface area (Å²) in [5.74, 6) is -1.04. The third-order valence-electron chi connectivity index (χ3n) is 3.91. The van der Waals surface area contributed by atoms with Crippen molar-refractivity contribution in [1.82, 2.24) is 20.0 Å². The number of ether oxygens (including phenoxy) is 1. The van der Waals surface area contributed by atoms with E-state index in [-0.39, 0.29) is 22.1 Å². The molecule has 1 amide bonds. The number of nitrogens with zero attached hydrogens (tertiary/aromatic N) is 3. The fraction of sp³-hybridized carbons (Fsp3) is 0.222. The summed E-state index contributed by atoms with van der Waals surface area (Å²) in [7, 11) is 0. The molecule has 2 aromatic heterocycles. The van der Waals surface area contributed by atoms with Gasteiger partial charge < -0.3 is 4.74 Å². The van der Waals surface area contributed by atoms with Crippen molar-refractivity contribution in [2.75, 3.05) is 12.0 Å². The molecule has 0 fully saturated rings. The lowest BCUT2D eigenvalue weighted by molar-refractivity contribution is -0.154. The molecule has 0 bridgehead atoms. The van der Waals surface area contributed by atoms with Gasteiger partial charge in [0.2, 0.25) is 11.8 Å². The summed E-state index contributed by atoms with van der Waals surface area (Å²) in [6, 6.07) is 7.86. The standard InChI is InChI=1S/C18H15ClF3N5O3/c1-2-27-16(29)11-5-3-4-6-13(11)24-17(27)26-25-14(28)10-7-12(19)15(23-8-10)30-9-18(20,21)22/h3-8H,2,9H2,1H3,(H,24,26)(H,25,28). The fourth-order valence-electron chi connectivity index (χ4n) is 2.55. The van der Waals surface area contributed by atoms with Crippen LogP contribution in [0.2, 0.25) is 5.02 Å². The van der Waals surface area contributed by atoms with E-state index < -0.39 is 24.6 Å². The highest BCUT2D eigenvalue weighted by atomic mass is 35.5. The Kier molecular flexibility index (Phi) is 6.11. The first-order chi connectivity index (χ1) is 14.2. The molecule has 158 valence electrons. The lowest BCUT2D eigenvalue weighted by Crippen LogP contribution is -2.34. The number of carbonyl (C=O) groups is 1. The lowest BCUT2D eigenvalue weighted by atomic mass is 10.2. The van der Waals surface area contributed by atoms with Gasteiger partial charge in [-0.25, -0.2) is 9.97 Å². The van der Waals surface area contributed by atoms with Crippen molar-refractivity contribution in [1.29, 1.82) is 0 Å². The summed E-state index contributed by atoms with van der Waals surface area (Å²) >= 11 is 5.84. The maximum atomic E-state index is 12.6. The smallest absolute Gasteiger partial charge is 0.422 e. The van der Waals surface area contributed by atoms with E-state index in [0.29, 0.717) is 17.4 Å². The number of hydrogen-bond donors (Lipinski definition) is 2. The molecular weight excluding hydrogens is 427 g/mol. The monoisotopic (exact) mass is 441 g/mol. The molecule has 2 heterocycles. The number of alkyl halides is 3. The second-order valence-electron chi connectivity index (χ2n) is 6.00. The molecule has 0 saturated heterocycles. The maximum Gasteiger partial charge on any atom is 0.422 e. The second-order valence-corrected chi connectivity index (χ2v) is 6.40. The Labute approximate surface area is 172 Å². The molecule has 1 aromatic carbocycles. The number of carbonyl (C=O) groups excluding carboxylic acids is 1. The van der Waals surface area contributed by atoms with Crippen LogP contribution < -0.4 is 21.1 Å². The number of halogens is 4. The molecule has 0 aliphatic rings. The second kappa shape index (κ2) is 8.57. The van der Waals surface area contributed by atoms with E-state index in [1.54, 1.807) is 31.2 Å². The number of para-hydroxylation sites is 1. The van der Waals surface area contributed by atoms with Crippen LogP contribution in [0.3, 0.4) is 0 Å². The minimum Gasteiger partial charge on any atom is -0.467 e. The average molecular weight is 442 g/mol. The molecular formula is C18H15ClF3N5O3. The number of aromatic nitrogens is 3. The normalized spacial score (nSPS) is 11.4. The molecule has 2 N–H and O–H groups in total. The van der Waals surface area contributed by atoms with Gasteiger partial charge in [0.05, 0.1) is 16.5 Å². The van der Waals surface area contributed by atoms with Crippen molar-refractivity contribution in [2.45, 2.75) is 19.6 Å². The number of rotatable bonds is 6. The van der Waals surface area contributed by atoms with Crippen molar-refractivity contribution in [3.05, 3.63) is 57.5 Å². The molecule has 3 rings (SSSR count). The van der Waals surface area contributed by atoms with Gasteiger partial charge in [0.15, 0.2) is 6.61 Å². The number of benzene rings is 1. The van der Waals surface area contributed by atoms with Gasteiger partial charge in [-0.15, -0.1) is 0 Å². The van der Waals surface area contributed by atoms with Gasteiger partial charge in [-0.2, -0.15) is 13.2 Å². The van der Waals surface area contributed by atoms with E-state index in [0.717, 1.165) is 12.3 Å². The maximum absolute atomic E-state index is 12.6. The predicted molar refractivity (Wildman–Crippen MR) is 104 cm³/mol. The molecule has 0 saturated carbocycles. The van der Waals surface area contributed by atoms with Crippen LogP contribution in [-0.4, -0.2) is 33.2 Å². The van der Waals surface area contributed by atoms with Gasteiger partial charge in [0.1, 0.15) is 5.02 Å². The van der Waals surface area contributed by atoms with E-state index >= 15 is 0 Å². The zero-order chi connectivity index (χ0) is 21.9. The number of nitrogens with one attached hydrogen (secondary N) is 2. The lowest BCUT2D eigenvalue weighted by Gasteiger charge is -2.14. The predicted octanol–water partition coefficient (Wildman–Crippen LogP) is 3.16. The van der Waals surface area contributed by atoms with Crippen LogP contribution in [0.5, 0.6) is 5.88 Å².